The largest absolute Gasteiger partial charge is 0.493 e. The van der Waals surface area contributed by atoms with Crippen LogP contribution in [-0.2, 0) is 21.0 Å². The van der Waals surface area contributed by atoms with Gasteiger partial charge in [0.25, 0.3) is 0 Å². The van der Waals surface area contributed by atoms with E-state index in [1.165, 1.54) is 14.0 Å². The number of methoxy groups -OCH3 is 1. The molecule has 4 N–H and O–H groups in total. The second-order valence-electron chi connectivity index (χ2n) is 10.1. The van der Waals surface area contributed by atoms with Gasteiger partial charge >= 0.3 is 0 Å². The van der Waals surface area contributed by atoms with Crippen LogP contribution in [0.15, 0.2) is 23.8 Å². The number of Topliss-reactive ketones (excluding diaryl/α,β-unsaturated/α-hetero) is 1. The van der Waals surface area contributed by atoms with Gasteiger partial charge in [-0.15, -0.1) is 0 Å². The highest BCUT2D eigenvalue weighted by atomic mass is 16.5. The molecule has 2 amide bonds. The fourth-order valence-electron chi connectivity index (χ4n) is 5.22. The molecule has 0 bridgehead atoms. The van der Waals surface area contributed by atoms with Crippen molar-refractivity contribution >= 4 is 17.6 Å². The van der Waals surface area contributed by atoms with Crippen molar-refractivity contribution in [3.05, 3.63) is 34.9 Å². The molecule has 1 aromatic carbocycles. The van der Waals surface area contributed by atoms with Crippen molar-refractivity contribution in [2.24, 2.45) is 5.92 Å². The van der Waals surface area contributed by atoms with E-state index in [0.717, 1.165) is 12.8 Å². The summed E-state index contributed by atoms with van der Waals surface area (Å²) in [6.07, 6.45) is 2.50. The Balaban J connectivity index is 1.73. The van der Waals surface area contributed by atoms with E-state index >= 15 is 0 Å². The predicted octanol–water partition coefficient (Wildman–Crippen LogP) is 0.808. The van der Waals surface area contributed by atoms with E-state index in [4.69, 9.17) is 9.47 Å². The lowest BCUT2D eigenvalue weighted by Gasteiger charge is -2.41. The average Bonchev–Trinajstić information content (AvgIpc) is 3.62. The monoisotopic (exact) mass is 516 g/mol. The number of aliphatic hydroxyl groups is 3. The van der Waals surface area contributed by atoms with Crippen molar-refractivity contribution in [3.63, 3.8) is 0 Å². The topological polar surface area (TPSA) is 146 Å². The molecule has 0 aromatic heterocycles. The molecule has 1 aliphatic heterocycles. The molecule has 0 unspecified atom stereocenters. The van der Waals surface area contributed by atoms with Gasteiger partial charge in [-0.05, 0) is 55.9 Å². The fourth-order valence-corrected chi connectivity index (χ4v) is 5.22. The second kappa shape index (κ2) is 11.6. The summed E-state index contributed by atoms with van der Waals surface area (Å²) in [6, 6.07) is 2.57. The summed E-state index contributed by atoms with van der Waals surface area (Å²) < 4.78 is 11.7. The molecular formula is C27H36N2O8. The van der Waals surface area contributed by atoms with Crippen LogP contribution < -0.4 is 14.8 Å². The van der Waals surface area contributed by atoms with Crippen molar-refractivity contribution in [1.82, 2.24) is 10.2 Å². The highest BCUT2D eigenvalue weighted by Gasteiger charge is 2.51. The molecule has 10 nitrogen and oxygen atoms in total. The maximum atomic E-state index is 13.3. The zero-order valence-electron chi connectivity index (χ0n) is 21.3. The maximum absolute atomic E-state index is 13.3. The van der Waals surface area contributed by atoms with E-state index in [0.29, 0.717) is 53.5 Å². The highest BCUT2D eigenvalue weighted by Crippen LogP contribution is 2.51. The van der Waals surface area contributed by atoms with Gasteiger partial charge in [0.1, 0.15) is 18.0 Å². The number of nitrogens with zero attached hydrogens (tertiary/aromatic N) is 1. The molecule has 4 atom stereocenters. The molecule has 0 spiro atoms. The lowest BCUT2D eigenvalue weighted by molar-refractivity contribution is -0.137. The smallest absolute Gasteiger partial charge is 0.247 e. The van der Waals surface area contributed by atoms with Crippen molar-refractivity contribution in [1.29, 1.82) is 0 Å². The molecule has 1 aromatic rings. The van der Waals surface area contributed by atoms with Gasteiger partial charge in [-0.1, -0.05) is 0 Å². The summed E-state index contributed by atoms with van der Waals surface area (Å²) >= 11 is 0. The summed E-state index contributed by atoms with van der Waals surface area (Å²) in [5.74, 6) is -0.162. The number of carbonyl (C=O) groups excluding carboxylic acids is 3. The molecule has 0 saturated heterocycles. The molecule has 1 saturated carbocycles. The van der Waals surface area contributed by atoms with Crippen LogP contribution in [0, 0.1) is 5.92 Å². The first kappa shape index (κ1) is 27.1. The van der Waals surface area contributed by atoms with Gasteiger partial charge in [0.15, 0.2) is 11.5 Å². The highest BCUT2D eigenvalue weighted by molar-refractivity contribution is 5.96. The third kappa shape index (κ3) is 5.81. The number of carbonyl (C=O) groups is 3. The molecular weight excluding hydrogens is 480 g/mol. The first-order chi connectivity index (χ1) is 17.8. The minimum absolute atomic E-state index is 0.0122. The maximum Gasteiger partial charge on any atom is 0.247 e. The Hall–Kier alpha value is -2.95. The molecule has 37 heavy (non-hydrogen) atoms. The van der Waals surface area contributed by atoms with Crippen LogP contribution in [-0.4, -0.2) is 82.9 Å². The number of nitrogens with one attached hydrogen (secondary N) is 1. The summed E-state index contributed by atoms with van der Waals surface area (Å²) in [6.45, 7) is 1.50. The van der Waals surface area contributed by atoms with Crippen LogP contribution in [0.2, 0.25) is 0 Å². The number of ether oxygens (including phenoxy) is 2. The molecule has 1 heterocycles. The fraction of sp³-hybridized carbons (Fsp3) is 0.593. The predicted molar refractivity (Wildman–Crippen MR) is 133 cm³/mol. The second-order valence-corrected chi connectivity index (χ2v) is 10.1. The lowest BCUT2D eigenvalue weighted by Crippen LogP contribution is -2.56. The number of aliphatic hydroxyl groups excluding tert-OH is 3. The first-order valence-electron chi connectivity index (χ1n) is 12.8. The number of amides is 2. The number of rotatable bonds is 12. The van der Waals surface area contributed by atoms with E-state index < -0.39 is 30.1 Å². The Labute approximate surface area is 216 Å². The van der Waals surface area contributed by atoms with Crippen molar-refractivity contribution in [3.8, 4) is 11.5 Å². The molecule has 202 valence electrons. The molecule has 1 fully saturated rings. The van der Waals surface area contributed by atoms with E-state index in [-0.39, 0.29) is 37.9 Å². The molecule has 2 aliphatic carbocycles. The van der Waals surface area contributed by atoms with Crippen LogP contribution in [0.3, 0.4) is 0 Å². The van der Waals surface area contributed by atoms with Crippen LogP contribution >= 0.6 is 0 Å². The van der Waals surface area contributed by atoms with Crippen LogP contribution in [0.5, 0.6) is 11.5 Å². The number of ketones is 1. The van der Waals surface area contributed by atoms with Crippen LogP contribution in [0.4, 0.5) is 0 Å². The standard InChI is InChI=1S/C27H36N2O8/c1-15(32)4-3-5-22(33)29(13-16-6-7-16)20-12-19(27(35)28-8-9-30)23-18-10-17(14-31)11-21(36-2)25(18)37-26(23)24(20)34/h10-12,16,20,23-24,26,30-31,34H,3-9,13-14H2,1-2H3,(H,28,35)/t20-,23+,24+,26+/m1/s1. The van der Waals surface area contributed by atoms with Gasteiger partial charge in [-0.25, -0.2) is 0 Å². The first-order valence-corrected chi connectivity index (χ1v) is 12.8. The molecule has 3 aliphatic rings. The van der Waals surface area contributed by atoms with E-state index in [9.17, 15) is 29.7 Å². The Bertz CT molecular complexity index is 1070. The van der Waals surface area contributed by atoms with Gasteiger partial charge < -0.3 is 39.8 Å². The molecule has 4 rings (SSSR count). The molecule has 0 radical (unpaired) electrons. The zero-order chi connectivity index (χ0) is 26.7. The summed E-state index contributed by atoms with van der Waals surface area (Å²) in [5, 5.41) is 33.3. The van der Waals surface area contributed by atoms with E-state index in [1.54, 1.807) is 23.1 Å². The van der Waals surface area contributed by atoms with Crippen molar-refractivity contribution in [2.45, 2.75) is 69.8 Å². The quantitative estimate of drug-likeness (QED) is 0.319. The van der Waals surface area contributed by atoms with Gasteiger partial charge in [0.2, 0.25) is 11.8 Å². The van der Waals surface area contributed by atoms with Crippen molar-refractivity contribution < 1.29 is 39.2 Å². The summed E-state index contributed by atoms with van der Waals surface area (Å²) in [5.41, 5.74) is 1.50. The molecule has 10 heteroatoms. The van der Waals surface area contributed by atoms with E-state index in [1.807, 2.05) is 0 Å². The number of fused-ring (bicyclic) bond motifs is 3. The number of hydrogen-bond donors (Lipinski definition) is 4. The Morgan fingerprint density at radius 3 is 2.57 bits per heavy atom. The summed E-state index contributed by atoms with van der Waals surface area (Å²) in [4.78, 5) is 39.6. The minimum atomic E-state index is -1.13. The van der Waals surface area contributed by atoms with Crippen molar-refractivity contribution in [2.75, 3.05) is 26.8 Å². The van der Waals surface area contributed by atoms with E-state index in [2.05, 4.69) is 5.32 Å². The zero-order valence-corrected chi connectivity index (χ0v) is 21.3. The van der Waals surface area contributed by atoms with Gasteiger partial charge in [0.05, 0.1) is 32.3 Å². The SMILES string of the molecule is COc1cc(CO)cc2c1O[C@@H]1[C@@H](O)[C@H](N(CC3CC3)C(=O)CCCC(C)=O)C=C(C(=O)NCCO)[C@H]21. The number of benzene rings is 1. The third-order valence-electron chi connectivity index (χ3n) is 7.25. The Morgan fingerprint density at radius 1 is 1.19 bits per heavy atom. The van der Waals surface area contributed by atoms with Crippen LogP contribution in [0.1, 0.15) is 56.1 Å². The minimum Gasteiger partial charge on any atom is -0.493 e. The average molecular weight is 517 g/mol. The lowest BCUT2D eigenvalue weighted by atomic mass is 9.77. The Morgan fingerprint density at radius 2 is 1.95 bits per heavy atom. The van der Waals surface area contributed by atoms with Gasteiger partial charge in [0, 0.05) is 37.1 Å². The normalized spacial score (nSPS) is 23.9. The van der Waals surface area contributed by atoms with Gasteiger partial charge in [-0.3, -0.25) is 9.59 Å². The summed E-state index contributed by atoms with van der Waals surface area (Å²) in [7, 11) is 1.48. The number of hydrogen-bond acceptors (Lipinski definition) is 8. The van der Waals surface area contributed by atoms with Crippen LogP contribution in [0.25, 0.3) is 0 Å². The Kier molecular flexibility index (Phi) is 8.51. The van der Waals surface area contributed by atoms with Gasteiger partial charge in [-0.2, -0.15) is 0 Å². The third-order valence-corrected chi connectivity index (χ3v) is 7.25.